The lowest BCUT2D eigenvalue weighted by Gasteiger charge is -2.41. The van der Waals surface area contributed by atoms with Gasteiger partial charge < -0.3 is 24.0 Å². The molecule has 0 aliphatic carbocycles. The third-order valence-electron chi connectivity index (χ3n) is 5.97. The molecule has 1 aliphatic rings. The summed E-state index contributed by atoms with van der Waals surface area (Å²) in [5.74, 6) is -0.240. The molecule has 206 valence electrons. The van der Waals surface area contributed by atoms with Crippen molar-refractivity contribution in [3.05, 3.63) is 64.1 Å². The van der Waals surface area contributed by atoms with Gasteiger partial charge in [-0.3, -0.25) is 4.79 Å². The molecular weight excluding hydrogens is 538 g/mol. The highest BCUT2D eigenvalue weighted by atomic mass is 35.5. The van der Waals surface area contributed by atoms with E-state index in [1.165, 1.54) is 4.90 Å². The molecule has 2 aromatic rings. The van der Waals surface area contributed by atoms with Crippen molar-refractivity contribution in [2.45, 2.75) is 45.0 Å². The Kier molecular flexibility index (Phi) is 11.5. The number of carbonyl (C=O) groups is 3. The van der Waals surface area contributed by atoms with Gasteiger partial charge in [-0.1, -0.05) is 42.3 Å². The van der Waals surface area contributed by atoms with E-state index < -0.39 is 24.5 Å². The Morgan fingerprint density at radius 1 is 1.03 bits per heavy atom. The summed E-state index contributed by atoms with van der Waals surface area (Å²) in [6, 6.07) is 13.0. The van der Waals surface area contributed by atoms with Crippen LogP contribution in [0.5, 0.6) is 5.75 Å². The molecule has 11 heteroatoms. The lowest BCUT2D eigenvalue weighted by molar-refractivity contribution is -0.147. The van der Waals surface area contributed by atoms with E-state index in [1.807, 2.05) is 0 Å². The van der Waals surface area contributed by atoms with Gasteiger partial charge in [0, 0.05) is 42.5 Å². The van der Waals surface area contributed by atoms with Crippen LogP contribution in [0.1, 0.15) is 31.7 Å². The Morgan fingerprint density at radius 3 is 2.34 bits per heavy atom. The number of nitrogens with zero attached hydrogens (tertiary/aromatic N) is 2. The van der Waals surface area contributed by atoms with E-state index in [1.54, 1.807) is 60.4 Å². The highest BCUT2D eigenvalue weighted by molar-refractivity contribution is 6.30. The van der Waals surface area contributed by atoms with Gasteiger partial charge in [0.2, 0.25) is 12.3 Å². The largest absolute Gasteiger partial charge is 0.482 e. The molecule has 1 fully saturated rings. The average molecular weight is 569 g/mol. The number of amides is 2. The standard InChI is InChI=1S/C27H31Cl2FN2O6/c1-2-3-24(30)38-27(35)32-14-13-31(25(33)16-19-4-6-20(28)7-5-19)17-22(32)12-15-36-26(34)18-37-23-10-8-21(29)9-11-23/h4-11,22,24H,2-3,12-18H2,1H3. The van der Waals surface area contributed by atoms with Gasteiger partial charge in [0.1, 0.15) is 5.75 Å². The summed E-state index contributed by atoms with van der Waals surface area (Å²) in [5.41, 5.74) is 0.812. The van der Waals surface area contributed by atoms with Crippen molar-refractivity contribution in [1.82, 2.24) is 9.80 Å². The average Bonchev–Trinajstić information content (AvgIpc) is 2.89. The van der Waals surface area contributed by atoms with Crippen LogP contribution in [0.2, 0.25) is 10.0 Å². The molecule has 1 saturated heterocycles. The first-order chi connectivity index (χ1) is 18.2. The van der Waals surface area contributed by atoms with E-state index in [0.29, 0.717) is 22.2 Å². The van der Waals surface area contributed by atoms with Crippen LogP contribution in [-0.2, 0) is 25.5 Å². The van der Waals surface area contributed by atoms with Crippen LogP contribution in [0.15, 0.2) is 48.5 Å². The zero-order valence-electron chi connectivity index (χ0n) is 21.1. The third-order valence-corrected chi connectivity index (χ3v) is 6.47. The van der Waals surface area contributed by atoms with Crippen molar-refractivity contribution in [2.24, 2.45) is 0 Å². The molecule has 0 saturated carbocycles. The summed E-state index contributed by atoms with van der Waals surface area (Å²) >= 11 is 11.8. The van der Waals surface area contributed by atoms with Gasteiger partial charge in [-0.15, -0.1) is 0 Å². The first-order valence-electron chi connectivity index (χ1n) is 12.4. The first kappa shape index (κ1) is 29.5. The van der Waals surface area contributed by atoms with Gasteiger partial charge in [-0.05, 0) is 48.4 Å². The molecule has 1 aliphatic heterocycles. The minimum Gasteiger partial charge on any atom is -0.482 e. The summed E-state index contributed by atoms with van der Waals surface area (Å²) in [4.78, 5) is 40.8. The van der Waals surface area contributed by atoms with E-state index in [-0.39, 0.29) is 58.0 Å². The number of hydrogen-bond acceptors (Lipinski definition) is 6. The molecule has 38 heavy (non-hydrogen) atoms. The van der Waals surface area contributed by atoms with Crippen molar-refractivity contribution in [2.75, 3.05) is 32.8 Å². The van der Waals surface area contributed by atoms with Crippen LogP contribution in [0.3, 0.4) is 0 Å². The number of hydrogen-bond donors (Lipinski definition) is 0. The number of alkyl halides is 1. The van der Waals surface area contributed by atoms with Crippen molar-refractivity contribution < 1.29 is 33.0 Å². The molecule has 0 aromatic heterocycles. The van der Waals surface area contributed by atoms with Gasteiger partial charge in [0.15, 0.2) is 6.61 Å². The van der Waals surface area contributed by atoms with Gasteiger partial charge >= 0.3 is 12.1 Å². The quantitative estimate of drug-likeness (QED) is 0.342. The molecule has 0 radical (unpaired) electrons. The smallest absolute Gasteiger partial charge is 0.412 e. The van der Waals surface area contributed by atoms with E-state index in [9.17, 15) is 18.8 Å². The molecule has 8 nitrogen and oxygen atoms in total. The fourth-order valence-electron chi connectivity index (χ4n) is 3.94. The zero-order valence-corrected chi connectivity index (χ0v) is 22.6. The minimum atomic E-state index is -1.71. The highest BCUT2D eigenvalue weighted by Crippen LogP contribution is 2.19. The van der Waals surface area contributed by atoms with E-state index in [0.717, 1.165) is 5.56 Å². The summed E-state index contributed by atoms with van der Waals surface area (Å²) in [5, 5.41) is 1.13. The number of piperazine rings is 1. The number of rotatable bonds is 11. The molecule has 1 heterocycles. The molecule has 2 amide bonds. The Morgan fingerprint density at radius 2 is 1.68 bits per heavy atom. The zero-order chi connectivity index (χ0) is 27.5. The lowest BCUT2D eigenvalue weighted by Crippen LogP contribution is -2.57. The summed E-state index contributed by atoms with van der Waals surface area (Å²) in [7, 11) is 0. The van der Waals surface area contributed by atoms with Crippen LogP contribution < -0.4 is 4.74 Å². The number of esters is 1. The predicted octanol–water partition coefficient (Wildman–Crippen LogP) is 5.29. The van der Waals surface area contributed by atoms with Crippen molar-refractivity contribution in [3.63, 3.8) is 0 Å². The van der Waals surface area contributed by atoms with Crippen molar-refractivity contribution in [3.8, 4) is 5.75 Å². The van der Waals surface area contributed by atoms with Crippen LogP contribution in [0.25, 0.3) is 0 Å². The second kappa shape index (κ2) is 14.8. The maximum Gasteiger partial charge on any atom is 0.412 e. The Bertz CT molecular complexity index is 1070. The Labute approximate surface area is 231 Å². The van der Waals surface area contributed by atoms with E-state index in [4.69, 9.17) is 37.4 Å². The molecule has 2 atom stereocenters. The number of halogens is 3. The van der Waals surface area contributed by atoms with Gasteiger partial charge in [-0.25, -0.2) is 14.0 Å². The summed E-state index contributed by atoms with van der Waals surface area (Å²) < 4.78 is 29.6. The molecule has 0 N–H and O–H groups in total. The Balaban J connectivity index is 1.56. The molecule has 0 bridgehead atoms. The number of carbonyl (C=O) groups excluding carboxylic acids is 3. The summed E-state index contributed by atoms with van der Waals surface area (Å²) in [6.45, 7) is 2.11. The molecule has 2 unspecified atom stereocenters. The van der Waals surface area contributed by atoms with Crippen LogP contribution in [0.4, 0.5) is 9.18 Å². The highest BCUT2D eigenvalue weighted by Gasteiger charge is 2.34. The third kappa shape index (κ3) is 9.36. The topological polar surface area (TPSA) is 85.4 Å². The number of ether oxygens (including phenoxy) is 3. The minimum absolute atomic E-state index is 0.0233. The molecule has 3 rings (SSSR count). The van der Waals surface area contributed by atoms with Crippen LogP contribution >= 0.6 is 23.2 Å². The normalized spacial score (nSPS) is 16.1. The fourth-order valence-corrected chi connectivity index (χ4v) is 4.20. The predicted molar refractivity (Wildman–Crippen MR) is 141 cm³/mol. The van der Waals surface area contributed by atoms with Gasteiger partial charge in [-0.2, -0.15) is 0 Å². The maximum atomic E-state index is 14.0. The lowest BCUT2D eigenvalue weighted by atomic mass is 10.1. The Hall–Kier alpha value is -3.04. The second-order valence-corrected chi connectivity index (χ2v) is 9.70. The second-order valence-electron chi connectivity index (χ2n) is 8.82. The monoisotopic (exact) mass is 568 g/mol. The van der Waals surface area contributed by atoms with Gasteiger partial charge in [0.05, 0.1) is 19.1 Å². The first-order valence-corrected chi connectivity index (χ1v) is 13.2. The summed E-state index contributed by atoms with van der Waals surface area (Å²) in [6.07, 6.45) is -1.47. The van der Waals surface area contributed by atoms with E-state index in [2.05, 4.69) is 0 Å². The van der Waals surface area contributed by atoms with E-state index >= 15 is 0 Å². The SMILES string of the molecule is CCCC(F)OC(=O)N1CCN(C(=O)Cc2ccc(Cl)cc2)CC1CCOC(=O)COc1ccc(Cl)cc1. The molecule has 2 aromatic carbocycles. The van der Waals surface area contributed by atoms with Gasteiger partial charge in [0.25, 0.3) is 0 Å². The fraction of sp³-hybridized carbons (Fsp3) is 0.444. The molecular formula is C27H31Cl2FN2O6. The van der Waals surface area contributed by atoms with Crippen molar-refractivity contribution in [1.29, 1.82) is 0 Å². The number of benzene rings is 2. The van der Waals surface area contributed by atoms with Crippen molar-refractivity contribution >= 4 is 41.2 Å². The van der Waals surface area contributed by atoms with Crippen LogP contribution in [-0.4, -0.2) is 73.0 Å². The molecule has 0 spiro atoms. The van der Waals surface area contributed by atoms with Crippen LogP contribution in [0, 0.1) is 0 Å². The maximum absolute atomic E-state index is 14.0.